The van der Waals surface area contributed by atoms with Gasteiger partial charge < -0.3 is 10.3 Å². The number of hydrogen-bond donors (Lipinski definition) is 2. The molecule has 3 aromatic rings. The smallest absolute Gasteiger partial charge is 0.261 e. The van der Waals surface area contributed by atoms with Crippen LogP contribution in [0.2, 0.25) is 0 Å². The molecule has 0 saturated carbocycles. The summed E-state index contributed by atoms with van der Waals surface area (Å²) >= 11 is 0. The number of pyridine rings is 1. The Labute approximate surface area is 168 Å². The van der Waals surface area contributed by atoms with Gasteiger partial charge in [0.25, 0.3) is 11.5 Å². The number of carbonyl (C=O) groups is 1. The van der Waals surface area contributed by atoms with Gasteiger partial charge in [0.2, 0.25) is 0 Å². The van der Waals surface area contributed by atoms with E-state index in [1.54, 1.807) is 6.07 Å². The highest BCUT2D eigenvalue weighted by atomic mass is 19.1. The summed E-state index contributed by atoms with van der Waals surface area (Å²) in [6.07, 6.45) is 3.18. The van der Waals surface area contributed by atoms with E-state index in [4.69, 9.17) is 0 Å². The Hall–Kier alpha value is -2.99. The standard InChI is InChI=1S/C23H24FN3O2/c24-18-9-8-17-13-20(23(29)26-21(17)14-18)22(28)25-15-19(27-10-4-5-11-27)12-16-6-2-1-3-7-16/h1-3,6-9,13-14,19H,4-5,10-12,15H2,(H,25,28)(H,26,29). The minimum atomic E-state index is -0.513. The molecule has 0 aliphatic carbocycles. The van der Waals surface area contributed by atoms with Crippen LogP contribution in [0.15, 0.2) is 59.4 Å². The van der Waals surface area contributed by atoms with Crippen LogP contribution in [-0.4, -0.2) is 41.5 Å². The second-order valence-corrected chi connectivity index (χ2v) is 7.54. The number of nitrogens with one attached hydrogen (secondary N) is 2. The molecule has 0 spiro atoms. The number of nitrogens with zero attached hydrogens (tertiary/aromatic N) is 1. The molecule has 4 rings (SSSR count). The summed E-state index contributed by atoms with van der Waals surface area (Å²) in [7, 11) is 0. The molecule has 1 atom stereocenters. The van der Waals surface area contributed by atoms with Crippen molar-refractivity contribution >= 4 is 16.8 Å². The molecular weight excluding hydrogens is 369 g/mol. The van der Waals surface area contributed by atoms with Crippen molar-refractivity contribution in [1.29, 1.82) is 0 Å². The van der Waals surface area contributed by atoms with E-state index in [1.165, 1.54) is 36.6 Å². The van der Waals surface area contributed by atoms with Crippen LogP contribution in [0.3, 0.4) is 0 Å². The fourth-order valence-electron chi connectivity index (χ4n) is 3.97. The molecule has 2 aromatic carbocycles. The molecule has 1 aromatic heterocycles. The predicted octanol–water partition coefficient (Wildman–Crippen LogP) is 3.10. The zero-order valence-electron chi connectivity index (χ0n) is 16.2. The lowest BCUT2D eigenvalue weighted by molar-refractivity contribution is 0.0936. The van der Waals surface area contributed by atoms with Crippen LogP contribution in [0, 0.1) is 5.82 Å². The van der Waals surface area contributed by atoms with Gasteiger partial charge in [0.1, 0.15) is 11.4 Å². The first-order valence-electron chi connectivity index (χ1n) is 9.99. The molecule has 6 heteroatoms. The molecule has 1 fully saturated rings. The molecule has 1 amide bonds. The molecule has 5 nitrogen and oxygen atoms in total. The van der Waals surface area contributed by atoms with Crippen LogP contribution in [0.5, 0.6) is 0 Å². The van der Waals surface area contributed by atoms with E-state index in [0.717, 1.165) is 19.5 Å². The third-order valence-corrected chi connectivity index (χ3v) is 5.52. The third kappa shape index (κ3) is 4.54. The maximum atomic E-state index is 13.4. The molecule has 1 aliphatic rings. The van der Waals surface area contributed by atoms with E-state index in [0.29, 0.717) is 17.4 Å². The Morgan fingerprint density at radius 3 is 2.62 bits per heavy atom. The van der Waals surface area contributed by atoms with E-state index in [-0.39, 0.29) is 11.6 Å². The lowest BCUT2D eigenvalue weighted by Gasteiger charge is -2.28. The van der Waals surface area contributed by atoms with Crippen molar-refractivity contribution in [2.45, 2.75) is 25.3 Å². The maximum absolute atomic E-state index is 13.4. The number of H-pyrrole nitrogens is 1. The number of benzene rings is 2. The zero-order chi connectivity index (χ0) is 20.2. The van der Waals surface area contributed by atoms with Crippen molar-refractivity contribution in [2.24, 2.45) is 0 Å². The van der Waals surface area contributed by atoms with Crippen LogP contribution in [-0.2, 0) is 6.42 Å². The first kappa shape index (κ1) is 19.3. The quantitative estimate of drug-likeness (QED) is 0.676. The largest absolute Gasteiger partial charge is 0.350 e. The predicted molar refractivity (Wildman–Crippen MR) is 112 cm³/mol. The summed E-state index contributed by atoms with van der Waals surface area (Å²) in [4.78, 5) is 30.1. The van der Waals surface area contributed by atoms with Gasteiger partial charge >= 0.3 is 0 Å². The second kappa shape index (κ2) is 8.57. The Balaban J connectivity index is 1.50. The maximum Gasteiger partial charge on any atom is 0.261 e. The first-order chi connectivity index (χ1) is 14.1. The molecule has 0 bridgehead atoms. The van der Waals surface area contributed by atoms with E-state index >= 15 is 0 Å². The van der Waals surface area contributed by atoms with Gasteiger partial charge in [-0.1, -0.05) is 30.3 Å². The highest BCUT2D eigenvalue weighted by molar-refractivity contribution is 5.97. The van der Waals surface area contributed by atoms with Crippen LogP contribution >= 0.6 is 0 Å². The van der Waals surface area contributed by atoms with Gasteiger partial charge in [-0.25, -0.2) is 4.39 Å². The summed E-state index contributed by atoms with van der Waals surface area (Å²) in [6.45, 7) is 2.51. The number of carbonyl (C=O) groups excluding carboxylic acids is 1. The molecule has 0 radical (unpaired) electrons. The fourth-order valence-corrected chi connectivity index (χ4v) is 3.97. The second-order valence-electron chi connectivity index (χ2n) is 7.54. The van der Waals surface area contributed by atoms with Crippen molar-refractivity contribution in [3.8, 4) is 0 Å². The number of likely N-dealkylation sites (tertiary alicyclic amines) is 1. The van der Waals surface area contributed by atoms with Gasteiger partial charge in [-0.15, -0.1) is 0 Å². The Kier molecular flexibility index (Phi) is 5.71. The number of hydrogen-bond acceptors (Lipinski definition) is 3. The topological polar surface area (TPSA) is 65.2 Å². The molecule has 2 N–H and O–H groups in total. The fraction of sp³-hybridized carbons (Fsp3) is 0.304. The molecular formula is C23H24FN3O2. The number of halogens is 1. The van der Waals surface area contributed by atoms with E-state index < -0.39 is 17.3 Å². The number of fused-ring (bicyclic) bond motifs is 1. The molecule has 150 valence electrons. The van der Waals surface area contributed by atoms with Gasteiger partial charge in [-0.05, 0) is 67.6 Å². The van der Waals surface area contributed by atoms with E-state index in [1.807, 2.05) is 18.2 Å². The van der Waals surface area contributed by atoms with Crippen molar-refractivity contribution in [2.75, 3.05) is 19.6 Å². The average Bonchev–Trinajstić information content (AvgIpc) is 3.26. The van der Waals surface area contributed by atoms with Crippen LogP contribution in [0.25, 0.3) is 10.9 Å². The van der Waals surface area contributed by atoms with Crippen molar-refractivity contribution in [3.05, 3.63) is 81.9 Å². The summed E-state index contributed by atoms with van der Waals surface area (Å²) in [5, 5.41) is 3.56. The Bertz CT molecular complexity index is 1060. The number of rotatable bonds is 6. The van der Waals surface area contributed by atoms with Crippen LogP contribution < -0.4 is 10.9 Å². The lowest BCUT2D eigenvalue weighted by Crippen LogP contribution is -2.44. The van der Waals surface area contributed by atoms with Gasteiger partial charge in [0.15, 0.2) is 0 Å². The lowest BCUT2D eigenvalue weighted by atomic mass is 10.0. The highest BCUT2D eigenvalue weighted by Crippen LogP contribution is 2.16. The summed E-state index contributed by atoms with van der Waals surface area (Å²) < 4.78 is 13.4. The molecule has 1 saturated heterocycles. The number of aromatic amines is 1. The minimum Gasteiger partial charge on any atom is -0.350 e. The normalized spacial score (nSPS) is 15.5. The number of aromatic nitrogens is 1. The minimum absolute atomic E-state index is 0.0454. The van der Waals surface area contributed by atoms with Gasteiger partial charge in [-0.2, -0.15) is 0 Å². The SMILES string of the molecule is O=C(NCC(Cc1ccccc1)N1CCCC1)c1cc2ccc(F)cc2[nH]c1=O. The van der Waals surface area contributed by atoms with Crippen LogP contribution in [0.4, 0.5) is 4.39 Å². The zero-order valence-corrected chi connectivity index (χ0v) is 16.2. The molecule has 1 aliphatic heterocycles. The van der Waals surface area contributed by atoms with Crippen molar-refractivity contribution in [1.82, 2.24) is 15.2 Å². The Morgan fingerprint density at radius 2 is 1.86 bits per heavy atom. The first-order valence-corrected chi connectivity index (χ1v) is 9.99. The highest BCUT2D eigenvalue weighted by Gasteiger charge is 2.23. The van der Waals surface area contributed by atoms with Crippen molar-refractivity contribution < 1.29 is 9.18 Å². The summed E-state index contributed by atoms with van der Waals surface area (Å²) in [5.74, 6) is -0.838. The third-order valence-electron chi connectivity index (χ3n) is 5.52. The average molecular weight is 393 g/mol. The molecule has 1 unspecified atom stereocenters. The Morgan fingerprint density at radius 1 is 1.10 bits per heavy atom. The van der Waals surface area contributed by atoms with E-state index in [9.17, 15) is 14.0 Å². The molecule has 2 heterocycles. The van der Waals surface area contributed by atoms with Crippen LogP contribution in [0.1, 0.15) is 28.8 Å². The summed E-state index contributed by atoms with van der Waals surface area (Å²) in [5.41, 5.74) is 1.14. The van der Waals surface area contributed by atoms with Crippen molar-refractivity contribution in [3.63, 3.8) is 0 Å². The van der Waals surface area contributed by atoms with Gasteiger partial charge in [-0.3, -0.25) is 14.5 Å². The summed E-state index contributed by atoms with van der Waals surface area (Å²) in [6, 6.07) is 16.0. The van der Waals surface area contributed by atoms with Gasteiger partial charge in [0.05, 0.1) is 5.52 Å². The van der Waals surface area contributed by atoms with E-state index in [2.05, 4.69) is 27.3 Å². The number of amides is 1. The van der Waals surface area contributed by atoms with Gasteiger partial charge in [0, 0.05) is 12.6 Å². The molecule has 29 heavy (non-hydrogen) atoms. The monoisotopic (exact) mass is 393 g/mol.